The fourth-order valence-corrected chi connectivity index (χ4v) is 1.33. The highest BCUT2D eigenvalue weighted by molar-refractivity contribution is 5.98. The highest BCUT2D eigenvalue weighted by Gasteiger charge is 2.07. The van der Waals surface area contributed by atoms with Gasteiger partial charge in [-0.15, -0.1) is 0 Å². The van der Waals surface area contributed by atoms with E-state index >= 15 is 0 Å². The monoisotopic (exact) mass is 217 g/mol. The van der Waals surface area contributed by atoms with Crippen LogP contribution in [0, 0.1) is 11.3 Å². The van der Waals surface area contributed by atoms with Crippen LogP contribution in [0.2, 0.25) is 0 Å². The number of hydrogen-bond acceptors (Lipinski definition) is 3. The Bertz CT molecular complexity index is 395. The summed E-state index contributed by atoms with van der Waals surface area (Å²) in [7, 11) is 0. The smallest absolute Gasteiger partial charge is 0.253 e. The molecule has 0 aliphatic carbocycles. The van der Waals surface area contributed by atoms with Gasteiger partial charge in [0.05, 0.1) is 11.6 Å². The predicted molar refractivity (Wildman–Crippen MR) is 62.7 cm³/mol. The van der Waals surface area contributed by atoms with Crippen LogP contribution in [-0.2, 0) is 0 Å². The summed E-state index contributed by atoms with van der Waals surface area (Å²) in [6.45, 7) is 0.578. The van der Waals surface area contributed by atoms with Gasteiger partial charge in [0, 0.05) is 18.7 Å². The Kier molecular flexibility index (Phi) is 4.87. The summed E-state index contributed by atoms with van der Waals surface area (Å²) in [6.07, 6.45) is 2.15. The standard InChI is InChI=1S/C12H15N3O/c13-8-4-1-5-9-15-12(16)10-6-2-3-7-11(10)14/h2-3,6-7H,1,4-5,9,14H2,(H,15,16). The van der Waals surface area contributed by atoms with Gasteiger partial charge in [-0.1, -0.05) is 12.1 Å². The molecule has 1 rings (SSSR count). The molecule has 0 aliphatic rings. The lowest BCUT2D eigenvalue weighted by Crippen LogP contribution is -2.25. The zero-order valence-corrected chi connectivity index (χ0v) is 9.07. The summed E-state index contributed by atoms with van der Waals surface area (Å²) in [4.78, 5) is 11.6. The minimum absolute atomic E-state index is 0.157. The van der Waals surface area contributed by atoms with Crippen LogP contribution in [0.3, 0.4) is 0 Å². The molecule has 84 valence electrons. The molecular weight excluding hydrogens is 202 g/mol. The van der Waals surface area contributed by atoms with Crippen molar-refractivity contribution in [2.24, 2.45) is 0 Å². The molecule has 0 spiro atoms. The number of amides is 1. The lowest BCUT2D eigenvalue weighted by Gasteiger charge is -2.06. The summed E-state index contributed by atoms with van der Waals surface area (Å²) in [6, 6.07) is 9.03. The molecule has 0 heterocycles. The van der Waals surface area contributed by atoms with Gasteiger partial charge in [-0.2, -0.15) is 5.26 Å². The van der Waals surface area contributed by atoms with Crippen LogP contribution in [-0.4, -0.2) is 12.5 Å². The number of anilines is 1. The number of unbranched alkanes of at least 4 members (excludes halogenated alkanes) is 2. The third kappa shape index (κ3) is 3.62. The van der Waals surface area contributed by atoms with Gasteiger partial charge in [-0.3, -0.25) is 4.79 Å². The predicted octanol–water partition coefficient (Wildman–Crippen LogP) is 1.69. The third-order valence-electron chi connectivity index (χ3n) is 2.21. The molecule has 1 aromatic rings. The van der Waals surface area contributed by atoms with Crippen LogP contribution in [0.5, 0.6) is 0 Å². The van der Waals surface area contributed by atoms with E-state index in [0.29, 0.717) is 24.2 Å². The molecule has 0 atom stereocenters. The van der Waals surface area contributed by atoms with Crippen molar-refractivity contribution in [3.05, 3.63) is 29.8 Å². The topological polar surface area (TPSA) is 78.9 Å². The Morgan fingerprint density at radius 3 is 2.81 bits per heavy atom. The number of carbonyl (C=O) groups is 1. The zero-order chi connectivity index (χ0) is 11.8. The summed E-state index contributed by atoms with van der Waals surface area (Å²) in [5, 5.41) is 11.1. The molecule has 1 aromatic carbocycles. The Balaban J connectivity index is 2.36. The molecule has 4 nitrogen and oxygen atoms in total. The Labute approximate surface area is 95.1 Å². The van der Waals surface area contributed by atoms with E-state index in [0.717, 1.165) is 12.8 Å². The highest BCUT2D eigenvalue weighted by Crippen LogP contribution is 2.09. The SMILES string of the molecule is N#CCCCCNC(=O)c1ccccc1N. The van der Waals surface area contributed by atoms with E-state index in [1.807, 2.05) is 0 Å². The number of nitrogens with one attached hydrogen (secondary N) is 1. The fraction of sp³-hybridized carbons (Fsp3) is 0.333. The fourth-order valence-electron chi connectivity index (χ4n) is 1.33. The van der Waals surface area contributed by atoms with Crippen molar-refractivity contribution < 1.29 is 4.79 Å². The minimum atomic E-state index is -0.157. The van der Waals surface area contributed by atoms with Gasteiger partial charge in [-0.25, -0.2) is 0 Å². The lowest BCUT2D eigenvalue weighted by atomic mass is 10.1. The minimum Gasteiger partial charge on any atom is -0.398 e. The maximum absolute atomic E-state index is 11.6. The number of nitrogen functional groups attached to an aromatic ring is 1. The molecular formula is C12H15N3O. The number of nitrogens with two attached hydrogens (primary N) is 1. The van der Waals surface area contributed by atoms with Gasteiger partial charge < -0.3 is 11.1 Å². The molecule has 16 heavy (non-hydrogen) atoms. The van der Waals surface area contributed by atoms with Crippen molar-refractivity contribution in [1.29, 1.82) is 5.26 Å². The van der Waals surface area contributed by atoms with Crippen molar-refractivity contribution in [3.63, 3.8) is 0 Å². The summed E-state index contributed by atoms with van der Waals surface area (Å²) in [5.74, 6) is -0.157. The van der Waals surface area contributed by atoms with Crippen LogP contribution in [0.4, 0.5) is 5.69 Å². The van der Waals surface area contributed by atoms with Gasteiger partial charge in [0.15, 0.2) is 0 Å². The Morgan fingerprint density at radius 2 is 2.12 bits per heavy atom. The van der Waals surface area contributed by atoms with Gasteiger partial charge in [0.2, 0.25) is 0 Å². The highest BCUT2D eigenvalue weighted by atomic mass is 16.1. The van der Waals surface area contributed by atoms with Crippen molar-refractivity contribution in [3.8, 4) is 6.07 Å². The first-order chi connectivity index (χ1) is 7.75. The average Bonchev–Trinajstić information content (AvgIpc) is 2.29. The van der Waals surface area contributed by atoms with Crippen molar-refractivity contribution in [2.75, 3.05) is 12.3 Å². The number of carbonyl (C=O) groups excluding carboxylic acids is 1. The summed E-state index contributed by atoms with van der Waals surface area (Å²) < 4.78 is 0. The number of benzene rings is 1. The lowest BCUT2D eigenvalue weighted by molar-refractivity contribution is 0.0954. The number of nitriles is 1. The van der Waals surface area contributed by atoms with Gasteiger partial charge in [-0.05, 0) is 25.0 Å². The second-order valence-electron chi connectivity index (χ2n) is 3.46. The first kappa shape index (κ1) is 12.1. The molecule has 0 fully saturated rings. The van der Waals surface area contributed by atoms with Crippen LogP contribution in [0.1, 0.15) is 29.6 Å². The van der Waals surface area contributed by atoms with Crippen molar-refractivity contribution >= 4 is 11.6 Å². The van der Waals surface area contributed by atoms with Crippen molar-refractivity contribution in [1.82, 2.24) is 5.32 Å². The molecule has 0 radical (unpaired) electrons. The van der Waals surface area contributed by atoms with Crippen LogP contribution in [0.25, 0.3) is 0 Å². The quantitative estimate of drug-likeness (QED) is 0.582. The Hall–Kier alpha value is -2.02. The molecule has 4 heteroatoms. The van der Waals surface area contributed by atoms with E-state index in [4.69, 9.17) is 11.0 Å². The molecule has 0 bridgehead atoms. The van der Waals surface area contributed by atoms with E-state index in [9.17, 15) is 4.79 Å². The van der Waals surface area contributed by atoms with E-state index < -0.39 is 0 Å². The van der Waals surface area contributed by atoms with E-state index in [1.165, 1.54) is 0 Å². The number of hydrogen-bond donors (Lipinski definition) is 2. The molecule has 0 saturated carbocycles. The average molecular weight is 217 g/mol. The van der Waals surface area contributed by atoms with Gasteiger partial charge in [0.25, 0.3) is 5.91 Å². The summed E-state index contributed by atoms with van der Waals surface area (Å²) >= 11 is 0. The number of rotatable bonds is 5. The van der Waals surface area contributed by atoms with Crippen LogP contribution < -0.4 is 11.1 Å². The second-order valence-corrected chi connectivity index (χ2v) is 3.46. The van der Waals surface area contributed by atoms with Crippen LogP contribution >= 0.6 is 0 Å². The van der Waals surface area contributed by atoms with Gasteiger partial charge >= 0.3 is 0 Å². The van der Waals surface area contributed by atoms with Crippen molar-refractivity contribution in [2.45, 2.75) is 19.3 Å². The number of nitrogens with zero attached hydrogens (tertiary/aromatic N) is 1. The maximum Gasteiger partial charge on any atom is 0.253 e. The Morgan fingerprint density at radius 1 is 1.38 bits per heavy atom. The molecule has 1 amide bonds. The summed E-state index contributed by atoms with van der Waals surface area (Å²) in [5.41, 5.74) is 6.66. The van der Waals surface area contributed by atoms with E-state index in [2.05, 4.69) is 11.4 Å². The second kappa shape index (κ2) is 6.46. The molecule has 0 aromatic heterocycles. The van der Waals surface area contributed by atoms with E-state index in [-0.39, 0.29) is 5.91 Å². The molecule has 0 aliphatic heterocycles. The van der Waals surface area contributed by atoms with E-state index in [1.54, 1.807) is 24.3 Å². The molecule has 0 saturated heterocycles. The number of para-hydroxylation sites is 1. The normalized spacial score (nSPS) is 9.44. The zero-order valence-electron chi connectivity index (χ0n) is 9.07. The first-order valence-electron chi connectivity index (χ1n) is 5.25. The molecule has 3 N–H and O–H groups in total. The van der Waals surface area contributed by atoms with Gasteiger partial charge in [0.1, 0.15) is 0 Å². The third-order valence-corrected chi connectivity index (χ3v) is 2.21. The largest absolute Gasteiger partial charge is 0.398 e. The molecule has 0 unspecified atom stereocenters. The maximum atomic E-state index is 11.6. The first-order valence-corrected chi connectivity index (χ1v) is 5.25. The van der Waals surface area contributed by atoms with Crippen LogP contribution in [0.15, 0.2) is 24.3 Å².